The molecule has 1 saturated carbocycles. The van der Waals surface area contributed by atoms with Crippen LogP contribution in [0.5, 0.6) is 5.75 Å². The molecule has 13 heteroatoms. The van der Waals surface area contributed by atoms with Gasteiger partial charge in [0.25, 0.3) is 5.91 Å². The van der Waals surface area contributed by atoms with Gasteiger partial charge in [0, 0.05) is 42.3 Å². The molecule has 0 radical (unpaired) electrons. The van der Waals surface area contributed by atoms with Crippen LogP contribution in [0.2, 0.25) is 0 Å². The number of aliphatic hydroxyl groups excluding tert-OH is 2. The summed E-state index contributed by atoms with van der Waals surface area (Å²) in [4.78, 5) is 44.2. The van der Waals surface area contributed by atoms with Gasteiger partial charge in [0.05, 0.1) is 23.9 Å². The number of benzene rings is 1. The molecule has 4 rings (SSSR count). The first-order chi connectivity index (χ1) is 18.7. The number of Topliss-reactive ketones (excluding diaryl/α,β-unsaturated/α-hetero) is 2. The van der Waals surface area contributed by atoms with E-state index in [-0.39, 0.29) is 36.0 Å². The van der Waals surface area contributed by atoms with Crippen molar-refractivity contribution in [2.45, 2.75) is 30.6 Å². The van der Waals surface area contributed by atoms with Gasteiger partial charge in [0.15, 0.2) is 11.4 Å². The molecule has 0 spiro atoms. The van der Waals surface area contributed by atoms with Gasteiger partial charge in [-0.05, 0) is 39.1 Å². The van der Waals surface area contributed by atoms with Crippen LogP contribution < -0.4 is 5.32 Å². The summed E-state index contributed by atoms with van der Waals surface area (Å²) in [6.07, 6.45) is -0.212. The predicted molar refractivity (Wildman–Crippen MR) is 147 cm³/mol. The molecule has 0 saturated heterocycles. The number of amides is 1. The molecule has 40 heavy (non-hydrogen) atoms. The molecule has 0 aromatic heterocycles. The topological polar surface area (TPSA) is 171 Å². The molecule has 3 aliphatic rings. The Morgan fingerprint density at radius 1 is 1.10 bits per heavy atom. The Hall–Kier alpha value is -2.67. The average molecular weight is 598 g/mol. The van der Waals surface area contributed by atoms with Gasteiger partial charge in [-0.3, -0.25) is 24.2 Å². The minimum atomic E-state index is -2.78. The van der Waals surface area contributed by atoms with E-state index in [1.807, 2.05) is 0 Å². The number of carbonyl (C=O) groups is 3. The quantitative estimate of drug-likeness (QED) is 0.144. The molecule has 1 fully saturated rings. The Bertz CT molecular complexity index is 1300. The molecule has 1 aromatic rings. The number of ketones is 2. The fourth-order valence-corrected chi connectivity index (χ4v) is 6.74. The molecule has 0 aliphatic heterocycles. The molecule has 218 valence electrons. The number of aromatic hydroxyl groups is 1. The number of rotatable bonds is 8. The molecule has 11 nitrogen and oxygen atoms in total. The zero-order valence-corrected chi connectivity index (χ0v) is 23.8. The van der Waals surface area contributed by atoms with E-state index in [0.717, 1.165) is 0 Å². The second-order valence-electron chi connectivity index (χ2n) is 10.8. The van der Waals surface area contributed by atoms with Crippen molar-refractivity contribution in [1.82, 2.24) is 15.1 Å². The first-order valence-corrected chi connectivity index (χ1v) is 13.8. The van der Waals surface area contributed by atoms with Crippen molar-refractivity contribution in [3.05, 3.63) is 46.2 Å². The summed E-state index contributed by atoms with van der Waals surface area (Å²) >= 11 is 11.6. The van der Waals surface area contributed by atoms with Crippen LogP contribution in [0.1, 0.15) is 24.5 Å². The van der Waals surface area contributed by atoms with Gasteiger partial charge in [-0.25, -0.2) is 0 Å². The number of aliphatic hydroxyl groups is 4. The molecule has 0 unspecified atom stereocenters. The lowest BCUT2D eigenvalue weighted by atomic mass is 9.54. The zero-order valence-electron chi connectivity index (χ0n) is 22.3. The molecular weight excluding hydrogens is 565 g/mol. The monoisotopic (exact) mass is 597 g/mol. The minimum absolute atomic E-state index is 0.0717. The molecule has 0 bridgehead atoms. The van der Waals surface area contributed by atoms with Crippen molar-refractivity contribution < 1.29 is 39.9 Å². The number of hydrogen-bond acceptors (Lipinski definition) is 10. The molecule has 6 N–H and O–H groups in total. The molecule has 3 aliphatic carbocycles. The Kier molecular flexibility index (Phi) is 8.30. The third kappa shape index (κ3) is 4.49. The van der Waals surface area contributed by atoms with Gasteiger partial charge in [0.1, 0.15) is 22.8 Å². The lowest BCUT2D eigenvalue weighted by Crippen LogP contribution is -2.67. The number of nitrogens with one attached hydrogen (secondary N) is 1. The summed E-state index contributed by atoms with van der Waals surface area (Å²) in [5, 5.41) is 59.0. The SMILES string of the molecule is CN(C)[C@@H]1C(=O)C(C(=O)NCN(CCCl)CCCl)=C(O)[C@@]2(O)C(=O)C3=C(O)c4c(O)cccc4[C@@](C)(O)[C@H]3C[C@@H]12. The highest BCUT2D eigenvalue weighted by Crippen LogP contribution is 2.57. The average Bonchev–Trinajstić information content (AvgIpc) is 2.88. The van der Waals surface area contributed by atoms with Gasteiger partial charge in [-0.1, -0.05) is 12.1 Å². The number of phenolic OH excluding ortho intramolecular Hbond substituents is 1. The van der Waals surface area contributed by atoms with Crippen LogP contribution in [0.15, 0.2) is 35.1 Å². The van der Waals surface area contributed by atoms with E-state index in [1.165, 1.54) is 44.1 Å². The van der Waals surface area contributed by atoms with Gasteiger partial charge >= 0.3 is 0 Å². The molecule has 1 aromatic carbocycles. The number of halogens is 2. The summed E-state index contributed by atoms with van der Waals surface area (Å²) < 4.78 is 0. The third-order valence-electron chi connectivity index (χ3n) is 8.27. The van der Waals surface area contributed by atoms with E-state index in [0.29, 0.717) is 13.1 Å². The van der Waals surface area contributed by atoms with E-state index in [2.05, 4.69) is 5.32 Å². The maximum Gasteiger partial charge on any atom is 0.259 e. The fraction of sp³-hybridized carbons (Fsp3) is 0.519. The number of hydrogen-bond donors (Lipinski definition) is 6. The summed E-state index contributed by atoms with van der Waals surface area (Å²) in [5.41, 5.74) is -5.78. The number of phenols is 1. The second kappa shape index (κ2) is 11.0. The van der Waals surface area contributed by atoms with Crippen LogP contribution >= 0.6 is 23.2 Å². The summed E-state index contributed by atoms with van der Waals surface area (Å²) in [5.74, 6) is -7.06. The first kappa shape index (κ1) is 30.3. The van der Waals surface area contributed by atoms with Gasteiger partial charge in [-0.15, -0.1) is 23.2 Å². The molecule has 0 heterocycles. The Morgan fingerprint density at radius 2 is 1.73 bits per heavy atom. The number of likely N-dealkylation sites (N-methyl/N-ethyl adjacent to an activating group) is 1. The maximum atomic E-state index is 14.1. The normalized spacial score (nSPS) is 30.0. The Labute approximate surface area is 241 Å². The number of fused-ring (bicyclic) bond motifs is 3. The highest BCUT2D eigenvalue weighted by atomic mass is 35.5. The summed E-state index contributed by atoms with van der Waals surface area (Å²) in [7, 11) is 3.06. The van der Waals surface area contributed by atoms with Crippen LogP contribution in [0.25, 0.3) is 5.76 Å². The van der Waals surface area contributed by atoms with Gasteiger partial charge in [-0.2, -0.15) is 0 Å². The predicted octanol–water partition coefficient (Wildman–Crippen LogP) is 0.997. The van der Waals surface area contributed by atoms with Crippen molar-refractivity contribution in [3.8, 4) is 5.75 Å². The minimum Gasteiger partial charge on any atom is -0.508 e. The number of alkyl halides is 2. The highest BCUT2D eigenvalue weighted by molar-refractivity contribution is 6.25. The highest BCUT2D eigenvalue weighted by Gasteiger charge is 2.66. The van der Waals surface area contributed by atoms with E-state index in [9.17, 15) is 39.9 Å². The van der Waals surface area contributed by atoms with Crippen LogP contribution in [-0.2, 0) is 20.0 Å². The van der Waals surface area contributed by atoms with E-state index in [1.54, 1.807) is 4.90 Å². The van der Waals surface area contributed by atoms with Crippen molar-refractivity contribution in [1.29, 1.82) is 0 Å². The van der Waals surface area contributed by atoms with Crippen molar-refractivity contribution in [2.75, 3.05) is 45.6 Å². The standard InChI is InChI=1S/C27H33Cl2N3O8/c1-26(39)13-5-4-6-16(33)17(13)21(34)18-14(26)11-15-20(31(2)3)22(35)19(24(37)27(15,40)23(18)36)25(38)30-12-32(9-7-28)10-8-29/h4-6,14-15,20,33-34,37,39-40H,7-12H2,1-3H3,(H,30,38)/t14-,15-,20-,26+,27-/m0/s1. The lowest BCUT2D eigenvalue weighted by Gasteiger charge is -2.53. The lowest BCUT2D eigenvalue weighted by molar-refractivity contribution is -0.159. The number of nitrogens with zero attached hydrogens (tertiary/aromatic N) is 2. The van der Waals surface area contributed by atoms with Crippen LogP contribution in [0.4, 0.5) is 0 Å². The van der Waals surface area contributed by atoms with Crippen molar-refractivity contribution >= 4 is 46.4 Å². The third-order valence-corrected chi connectivity index (χ3v) is 8.60. The van der Waals surface area contributed by atoms with Crippen LogP contribution in [0, 0.1) is 11.8 Å². The first-order valence-electron chi connectivity index (χ1n) is 12.8. The number of carbonyl (C=O) groups excluding carboxylic acids is 3. The maximum absolute atomic E-state index is 14.1. The van der Waals surface area contributed by atoms with Crippen molar-refractivity contribution in [3.63, 3.8) is 0 Å². The van der Waals surface area contributed by atoms with Crippen LogP contribution in [0.3, 0.4) is 0 Å². The summed E-state index contributed by atoms with van der Waals surface area (Å²) in [6, 6.07) is 3.02. The smallest absolute Gasteiger partial charge is 0.259 e. The molecule has 5 atom stereocenters. The Balaban J connectivity index is 1.85. The zero-order chi connectivity index (χ0) is 29.7. The van der Waals surface area contributed by atoms with E-state index < -0.39 is 75.0 Å². The van der Waals surface area contributed by atoms with Crippen molar-refractivity contribution in [2.24, 2.45) is 11.8 Å². The second-order valence-corrected chi connectivity index (χ2v) is 11.5. The molecule has 1 amide bonds. The van der Waals surface area contributed by atoms with E-state index >= 15 is 0 Å². The van der Waals surface area contributed by atoms with E-state index in [4.69, 9.17) is 23.2 Å². The van der Waals surface area contributed by atoms with Gasteiger partial charge < -0.3 is 30.8 Å². The fourth-order valence-electron chi connectivity index (χ4n) is 6.26. The summed E-state index contributed by atoms with van der Waals surface area (Å²) in [6.45, 7) is 2.10. The largest absolute Gasteiger partial charge is 0.508 e. The van der Waals surface area contributed by atoms with Crippen LogP contribution in [-0.4, -0.2) is 110 Å². The molecular formula is C27H33Cl2N3O8. The Morgan fingerprint density at radius 3 is 2.30 bits per heavy atom. The van der Waals surface area contributed by atoms with Gasteiger partial charge in [0.2, 0.25) is 5.78 Å².